The Hall–Kier alpha value is -2.04. The fourth-order valence-electron chi connectivity index (χ4n) is 2.58. The first-order chi connectivity index (χ1) is 11.9. The van der Waals surface area contributed by atoms with Crippen molar-refractivity contribution in [3.63, 3.8) is 0 Å². The number of carbonyl (C=O) groups is 3. The standard InChI is InChI=1S/C15H22N4O5S/c1-18-5-6-19(13(20)8-24-2)11(7-18)14(21)16-4-3-12-17-10(9-25-12)15(22)23/h9,11H,3-8H2,1-2H3,(H,16,21)(H,22,23)/t11-/m0/s1. The Morgan fingerprint density at radius 1 is 1.44 bits per heavy atom. The molecule has 1 saturated heterocycles. The lowest BCUT2D eigenvalue weighted by Crippen LogP contribution is -2.60. The number of hydrogen-bond donors (Lipinski definition) is 2. The number of ether oxygens (including phenoxy) is 1. The first-order valence-corrected chi connectivity index (χ1v) is 8.72. The van der Waals surface area contributed by atoms with Crippen LogP contribution in [0.3, 0.4) is 0 Å². The van der Waals surface area contributed by atoms with Gasteiger partial charge in [0.05, 0.1) is 5.01 Å². The van der Waals surface area contributed by atoms with Crippen LogP contribution in [-0.2, 0) is 20.7 Å². The van der Waals surface area contributed by atoms with Gasteiger partial charge in [-0.3, -0.25) is 9.59 Å². The third-order valence-electron chi connectivity index (χ3n) is 3.88. The quantitative estimate of drug-likeness (QED) is 0.652. The van der Waals surface area contributed by atoms with E-state index < -0.39 is 12.0 Å². The molecule has 1 fully saturated rings. The summed E-state index contributed by atoms with van der Waals surface area (Å²) in [5, 5.41) is 13.8. The Bertz CT molecular complexity index is 635. The van der Waals surface area contributed by atoms with E-state index in [1.807, 2.05) is 11.9 Å². The smallest absolute Gasteiger partial charge is 0.355 e. The van der Waals surface area contributed by atoms with Crippen molar-refractivity contribution in [1.82, 2.24) is 20.1 Å². The number of aromatic carboxylic acids is 1. The van der Waals surface area contributed by atoms with Crippen molar-refractivity contribution in [2.24, 2.45) is 0 Å². The zero-order chi connectivity index (χ0) is 18.4. The molecule has 1 aromatic heterocycles. The van der Waals surface area contributed by atoms with Crippen LogP contribution in [0.1, 0.15) is 15.5 Å². The first kappa shape index (κ1) is 19.3. The van der Waals surface area contributed by atoms with Gasteiger partial charge in [0.1, 0.15) is 12.6 Å². The largest absolute Gasteiger partial charge is 0.476 e. The van der Waals surface area contributed by atoms with Gasteiger partial charge in [-0.05, 0) is 7.05 Å². The highest BCUT2D eigenvalue weighted by atomic mass is 32.1. The van der Waals surface area contributed by atoms with Crippen LogP contribution in [0.25, 0.3) is 0 Å². The monoisotopic (exact) mass is 370 g/mol. The van der Waals surface area contributed by atoms with E-state index in [0.717, 1.165) is 0 Å². The van der Waals surface area contributed by atoms with Crippen LogP contribution in [0.2, 0.25) is 0 Å². The number of nitrogens with one attached hydrogen (secondary N) is 1. The van der Waals surface area contributed by atoms with Gasteiger partial charge in [0.25, 0.3) is 0 Å². The molecular weight excluding hydrogens is 348 g/mol. The number of carbonyl (C=O) groups excluding carboxylic acids is 2. The van der Waals surface area contributed by atoms with Crippen LogP contribution in [0, 0.1) is 0 Å². The van der Waals surface area contributed by atoms with Crippen LogP contribution in [0.15, 0.2) is 5.38 Å². The number of thiazole rings is 1. The van der Waals surface area contributed by atoms with Gasteiger partial charge in [-0.25, -0.2) is 9.78 Å². The van der Waals surface area contributed by atoms with Gasteiger partial charge in [-0.15, -0.1) is 11.3 Å². The molecule has 1 aromatic rings. The number of likely N-dealkylation sites (N-methyl/N-ethyl adjacent to an activating group) is 1. The van der Waals surface area contributed by atoms with Gasteiger partial charge in [0.15, 0.2) is 5.69 Å². The second-order valence-corrected chi connectivity index (χ2v) is 6.71. The number of hydrogen-bond acceptors (Lipinski definition) is 7. The summed E-state index contributed by atoms with van der Waals surface area (Å²) in [5.74, 6) is -1.50. The fraction of sp³-hybridized carbons (Fsp3) is 0.600. The van der Waals surface area contributed by atoms with Crippen LogP contribution in [0.4, 0.5) is 0 Å². The molecular formula is C15H22N4O5S. The zero-order valence-corrected chi connectivity index (χ0v) is 15.0. The third kappa shape index (κ3) is 5.21. The van der Waals surface area contributed by atoms with Crippen molar-refractivity contribution < 1.29 is 24.2 Å². The number of carboxylic acids is 1. The van der Waals surface area contributed by atoms with Crippen molar-refractivity contribution in [1.29, 1.82) is 0 Å². The summed E-state index contributed by atoms with van der Waals surface area (Å²) in [7, 11) is 3.35. The summed E-state index contributed by atoms with van der Waals surface area (Å²) in [4.78, 5) is 42.9. The molecule has 9 nitrogen and oxygen atoms in total. The summed E-state index contributed by atoms with van der Waals surface area (Å²) in [6, 6.07) is -0.563. The van der Waals surface area contributed by atoms with Crippen LogP contribution >= 0.6 is 11.3 Å². The van der Waals surface area contributed by atoms with Crippen molar-refractivity contribution in [2.45, 2.75) is 12.5 Å². The van der Waals surface area contributed by atoms with Crippen LogP contribution in [0.5, 0.6) is 0 Å². The van der Waals surface area contributed by atoms with E-state index >= 15 is 0 Å². The maximum Gasteiger partial charge on any atom is 0.355 e. The first-order valence-electron chi connectivity index (χ1n) is 7.84. The minimum atomic E-state index is -1.07. The molecule has 0 bridgehead atoms. The van der Waals surface area contributed by atoms with E-state index in [2.05, 4.69) is 10.3 Å². The lowest BCUT2D eigenvalue weighted by Gasteiger charge is -2.38. The highest BCUT2D eigenvalue weighted by Crippen LogP contribution is 2.11. The molecule has 10 heteroatoms. The lowest BCUT2D eigenvalue weighted by molar-refractivity contribution is -0.146. The van der Waals surface area contributed by atoms with Crippen molar-refractivity contribution >= 4 is 29.1 Å². The van der Waals surface area contributed by atoms with E-state index in [-0.39, 0.29) is 24.1 Å². The molecule has 2 amide bonds. The predicted octanol–water partition coefficient (Wildman–Crippen LogP) is -0.711. The molecule has 0 spiro atoms. The zero-order valence-electron chi connectivity index (χ0n) is 14.2. The van der Waals surface area contributed by atoms with Crippen molar-refractivity contribution in [3.8, 4) is 0 Å². The molecule has 25 heavy (non-hydrogen) atoms. The molecule has 2 N–H and O–H groups in total. The van der Waals surface area contributed by atoms with E-state index in [1.165, 1.54) is 23.8 Å². The van der Waals surface area contributed by atoms with Gasteiger partial charge >= 0.3 is 5.97 Å². The van der Waals surface area contributed by atoms with E-state index in [4.69, 9.17) is 9.84 Å². The van der Waals surface area contributed by atoms with E-state index in [0.29, 0.717) is 37.6 Å². The lowest BCUT2D eigenvalue weighted by atomic mass is 10.1. The minimum absolute atomic E-state index is 0.0107. The molecule has 0 radical (unpaired) electrons. The number of nitrogens with zero attached hydrogens (tertiary/aromatic N) is 3. The SMILES string of the molecule is COCC(=O)N1CCN(C)C[C@H]1C(=O)NCCc1nc(C(=O)O)cs1. The Morgan fingerprint density at radius 3 is 2.84 bits per heavy atom. The average molecular weight is 370 g/mol. The minimum Gasteiger partial charge on any atom is -0.476 e. The van der Waals surface area contributed by atoms with Crippen LogP contribution < -0.4 is 5.32 Å². The molecule has 138 valence electrons. The molecule has 0 unspecified atom stereocenters. The molecule has 0 saturated carbocycles. The highest BCUT2D eigenvalue weighted by Gasteiger charge is 2.33. The summed E-state index contributed by atoms with van der Waals surface area (Å²) in [5.41, 5.74) is 0.0107. The summed E-state index contributed by atoms with van der Waals surface area (Å²) in [6.07, 6.45) is 0.443. The normalized spacial score (nSPS) is 18.2. The van der Waals surface area contributed by atoms with Gasteiger partial charge < -0.3 is 25.0 Å². The Kier molecular flexibility index (Phi) is 6.85. The molecule has 1 aliphatic rings. The van der Waals surface area contributed by atoms with Gasteiger partial charge in [0, 0.05) is 45.1 Å². The molecule has 0 aliphatic carbocycles. The Balaban J connectivity index is 1.89. The van der Waals surface area contributed by atoms with Crippen LogP contribution in [-0.4, -0.2) is 90.7 Å². The average Bonchev–Trinajstić information content (AvgIpc) is 3.04. The van der Waals surface area contributed by atoms with E-state index in [9.17, 15) is 14.4 Å². The Labute approximate surface area is 149 Å². The van der Waals surface area contributed by atoms with Gasteiger partial charge in [-0.2, -0.15) is 0 Å². The fourth-order valence-corrected chi connectivity index (χ4v) is 3.36. The maximum atomic E-state index is 12.5. The number of amides is 2. The maximum absolute atomic E-state index is 12.5. The van der Waals surface area contributed by atoms with E-state index in [1.54, 1.807) is 4.90 Å². The summed E-state index contributed by atoms with van der Waals surface area (Å²) >= 11 is 1.25. The Morgan fingerprint density at radius 2 is 2.20 bits per heavy atom. The molecule has 1 atom stereocenters. The summed E-state index contributed by atoms with van der Waals surface area (Å²) < 4.78 is 4.88. The molecule has 2 heterocycles. The number of carboxylic acid groups (broad SMARTS) is 1. The molecule has 0 aromatic carbocycles. The summed E-state index contributed by atoms with van der Waals surface area (Å²) in [6.45, 7) is 1.92. The second kappa shape index (κ2) is 8.88. The molecule has 1 aliphatic heterocycles. The number of rotatable bonds is 7. The highest BCUT2D eigenvalue weighted by molar-refractivity contribution is 7.09. The molecule has 2 rings (SSSR count). The number of piperazine rings is 1. The van der Waals surface area contributed by atoms with Crippen molar-refractivity contribution in [3.05, 3.63) is 16.1 Å². The third-order valence-corrected chi connectivity index (χ3v) is 4.79. The predicted molar refractivity (Wildman–Crippen MR) is 90.7 cm³/mol. The second-order valence-electron chi connectivity index (χ2n) is 5.77. The topological polar surface area (TPSA) is 112 Å². The van der Waals surface area contributed by atoms with Gasteiger partial charge in [-0.1, -0.05) is 0 Å². The van der Waals surface area contributed by atoms with Gasteiger partial charge in [0.2, 0.25) is 11.8 Å². The number of aromatic nitrogens is 1. The van der Waals surface area contributed by atoms with Crippen molar-refractivity contribution in [2.75, 3.05) is 46.9 Å². The number of methoxy groups -OCH3 is 1.